The molecular formula is C20H27Cl2N5O. The molecule has 8 heteroatoms. The molecule has 28 heavy (non-hydrogen) atoms. The van der Waals surface area contributed by atoms with Gasteiger partial charge in [0.2, 0.25) is 0 Å². The Kier molecular flexibility index (Phi) is 7.32. The van der Waals surface area contributed by atoms with E-state index in [1.165, 1.54) is 18.4 Å². The number of benzene rings is 1. The maximum Gasteiger partial charge on any atom is 0.276 e. The topological polar surface area (TPSA) is 63.1 Å². The van der Waals surface area contributed by atoms with Gasteiger partial charge in [-0.1, -0.05) is 28.9 Å². The molecule has 0 spiro atoms. The van der Waals surface area contributed by atoms with Crippen LogP contribution in [0.15, 0.2) is 30.5 Å². The van der Waals surface area contributed by atoms with Gasteiger partial charge in [-0.15, -0.1) is 17.5 Å². The van der Waals surface area contributed by atoms with Gasteiger partial charge in [0.25, 0.3) is 5.91 Å². The van der Waals surface area contributed by atoms with Gasteiger partial charge in [-0.25, -0.2) is 4.68 Å². The average Bonchev–Trinajstić information content (AvgIpc) is 3.38. The predicted molar refractivity (Wildman–Crippen MR) is 112 cm³/mol. The highest BCUT2D eigenvalue weighted by Gasteiger charge is 2.29. The van der Waals surface area contributed by atoms with E-state index in [9.17, 15) is 4.79 Å². The maximum atomic E-state index is 13.1. The lowest BCUT2D eigenvalue weighted by Crippen LogP contribution is -2.35. The number of carbonyl (C=O) groups is 1. The van der Waals surface area contributed by atoms with Gasteiger partial charge >= 0.3 is 0 Å². The summed E-state index contributed by atoms with van der Waals surface area (Å²) in [7, 11) is 0. The highest BCUT2D eigenvalue weighted by Crippen LogP contribution is 2.30. The van der Waals surface area contributed by atoms with E-state index >= 15 is 0 Å². The third-order valence-corrected chi connectivity index (χ3v) is 5.71. The molecule has 0 bridgehead atoms. The number of amides is 1. The zero-order valence-electron chi connectivity index (χ0n) is 15.9. The number of piperidine rings is 1. The van der Waals surface area contributed by atoms with Crippen molar-refractivity contribution in [3.05, 3.63) is 46.7 Å². The fourth-order valence-corrected chi connectivity index (χ4v) is 3.72. The number of nitrogens with zero attached hydrogens (tertiary/aromatic N) is 4. The second-order valence-corrected chi connectivity index (χ2v) is 8.07. The van der Waals surface area contributed by atoms with Crippen LogP contribution in [0.2, 0.25) is 5.02 Å². The van der Waals surface area contributed by atoms with Crippen LogP contribution < -0.4 is 5.32 Å². The molecule has 0 radical (unpaired) electrons. The molecule has 2 fully saturated rings. The van der Waals surface area contributed by atoms with Gasteiger partial charge < -0.3 is 10.2 Å². The number of aromatic nitrogens is 3. The fourth-order valence-electron chi connectivity index (χ4n) is 3.59. The summed E-state index contributed by atoms with van der Waals surface area (Å²) in [5.74, 6) is 0.634. The summed E-state index contributed by atoms with van der Waals surface area (Å²) in [5.41, 5.74) is 1.65. The molecule has 1 saturated heterocycles. The molecule has 1 aliphatic carbocycles. The van der Waals surface area contributed by atoms with Crippen molar-refractivity contribution in [2.24, 2.45) is 5.92 Å². The summed E-state index contributed by atoms with van der Waals surface area (Å²) in [4.78, 5) is 15.0. The molecule has 1 N–H and O–H groups in total. The molecular weight excluding hydrogens is 397 g/mol. The van der Waals surface area contributed by atoms with Crippen molar-refractivity contribution in [3.8, 4) is 0 Å². The minimum Gasteiger partial charge on any atom is -0.337 e. The first-order chi connectivity index (χ1) is 13.2. The van der Waals surface area contributed by atoms with Crippen LogP contribution >= 0.6 is 24.0 Å². The van der Waals surface area contributed by atoms with Crippen molar-refractivity contribution >= 4 is 29.9 Å². The van der Waals surface area contributed by atoms with Gasteiger partial charge in [0.1, 0.15) is 0 Å². The summed E-state index contributed by atoms with van der Waals surface area (Å²) < 4.78 is 1.88. The second-order valence-electron chi connectivity index (χ2n) is 7.64. The van der Waals surface area contributed by atoms with Crippen molar-refractivity contribution in [1.82, 2.24) is 25.2 Å². The van der Waals surface area contributed by atoms with E-state index in [0.717, 1.165) is 43.9 Å². The number of nitrogens with one attached hydrogen (secondary N) is 1. The monoisotopic (exact) mass is 423 g/mol. The first-order valence-electron chi connectivity index (χ1n) is 9.85. The first-order valence-corrected chi connectivity index (χ1v) is 10.2. The van der Waals surface area contributed by atoms with Crippen LogP contribution in [0.4, 0.5) is 0 Å². The lowest BCUT2D eigenvalue weighted by Gasteiger charge is -2.22. The third kappa shape index (κ3) is 5.46. The summed E-state index contributed by atoms with van der Waals surface area (Å²) in [6.45, 7) is 3.48. The average molecular weight is 424 g/mol. The van der Waals surface area contributed by atoms with Gasteiger partial charge in [-0.05, 0) is 68.8 Å². The normalized spacial score (nSPS) is 17.2. The van der Waals surface area contributed by atoms with E-state index in [1.54, 1.807) is 0 Å². The van der Waals surface area contributed by atoms with E-state index in [4.69, 9.17) is 11.6 Å². The maximum absolute atomic E-state index is 13.1. The van der Waals surface area contributed by atoms with Crippen molar-refractivity contribution in [2.75, 3.05) is 26.2 Å². The van der Waals surface area contributed by atoms with Crippen LogP contribution in [0.25, 0.3) is 0 Å². The Hall–Kier alpha value is -1.63. The van der Waals surface area contributed by atoms with Gasteiger partial charge in [0, 0.05) is 18.1 Å². The summed E-state index contributed by atoms with van der Waals surface area (Å²) in [6, 6.07) is 8.18. The van der Waals surface area contributed by atoms with E-state index in [1.807, 2.05) is 40.0 Å². The molecule has 0 atom stereocenters. The lowest BCUT2D eigenvalue weighted by molar-refractivity contribution is 0.0743. The zero-order chi connectivity index (χ0) is 18.6. The quantitative estimate of drug-likeness (QED) is 0.741. The molecule has 0 unspecified atom stereocenters. The van der Waals surface area contributed by atoms with Gasteiger partial charge in [-0.2, -0.15) is 0 Å². The van der Waals surface area contributed by atoms with Crippen LogP contribution in [-0.4, -0.2) is 52.0 Å². The van der Waals surface area contributed by atoms with Crippen molar-refractivity contribution in [2.45, 2.75) is 38.1 Å². The van der Waals surface area contributed by atoms with Gasteiger partial charge in [0.15, 0.2) is 5.69 Å². The van der Waals surface area contributed by atoms with E-state index < -0.39 is 0 Å². The van der Waals surface area contributed by atoms with Gasteiger partial charge in [-0.3, -0.25) is 4.79 Å². The zero-order valence-corrected chi connectivity index (χ0v) is 17.5. The van der Waals surface area contributed by atoms with Crippen LogP contribution in [0.1, 0.15) is 47.8 Å². The Bertz CT molecular complexity index is 769. The Balaban J connectivity index is 0.00000225. The molecule has 2 heterocycles. The lowest BCUT2D eigenvalue weighted by atomic mass is 10.1. The minimum absolute atomic E-state index is 0. The minimum atomic E-state index is -0.00366. The molecule has 2 aliphatic rings. The number of hydrogen-bond donors (Lipinski definition) is 1. The predicted octanol–water partition coefficient (Wildman–Crippen LogP) is 3.37. The molecule has 2 aromatic rings. The Morgan fingerprint density at radius 2 is 1.89 bits per heavy atom. The number of rotatable bonds is 7. The second kappa shape index (κ2) is 9.72. The molecule has 1 aliphatic heterocycles. The molecule has 152 valence electrons. The number of carbonyl (C=O) groups excluding carboxylic acids is 1. The molecule has 1 amide bonds. The SMILES string of the molecule is Cl.O=C(c1cn(C2CCNCC2)nn1)N(CCc1ccc(Cl)cc1)CC1CC1. The van der Waals surface area contributed by atoms with Crippen molar-refractivity contribution < 1.29 is 4.79 Å². The summed E-state index contributed by atoms with van der Waals surface area (Å²) in [6.07, 6.45) is 7.14. The standard InChI is InChI=1S/C20H26ClN5O.ClH/c21-17-5-3-15(4-6-17)9-12-25(13-16-1-2-16)20(27)19-14-26(24-23-19)18-7-10-22-11-8-18;/h3-6,14,16,18,22H,1-2,7-13H2;1H. The molecule has 6 nitrogen and oxygen atoms in total. The summed E-state index contributed by atoms with van der Waals surface area (Å²) in [5, 5.41) is 12.5. The van der Waals surface area contributed by atoms with Crippen LogP contribution in [0.3, 0.4) is 0 Å². The highest BCUT2D eigenvalue weighted by atomic mass is 35.5. The van der Waals surface area contributed by atoms with Gasteiger partial charge in [0.05, 0.1) is 12.2 Å². The van der Waals surface area contributed by atoms with Crippen molar-refractivity contribution in [1.29, 1.82) is 0 Å². The number of hydrogen-bond acceptors (Lipinski definition) is 4. The van der Waals surface area contributed by atoms with E-state index in [-0.39, 0.29) is 18.3 Å². The van der Waals surface area contributed by atoms with Crippen LogP contribution in [-0.2, 0) is 6.42 Å². The molecule has 1 saturated carbocycles. The largest absolute Gasteiger partial charge is 0.337 e. The Morgan fingerprint density at radius 1 is 1.18 bits per heavy atom. The fraction of sp³-hybridized carbons (Fsp3) is 0.550. The summed E-state index contributed by atoms with van der Waals surface area (Å²) >= 11 is 5.96. The number of halogens is 2. The molecule has 1 aromatic carbocycles. The highest BCUT2D eigenvalue weighted by molar-refractivity contribution is 6.30. The van der Waals surface area contributed by atoms with Crippen LogP contribution in [0, 0.1) is 5.92 Å². The molecule has 1 aromatic heterocycles. The first kappa shape index (κ1) is 21.1. The van der Waals surface area contributed by atoms with E-state index in [0.29, 0.717) is 24.2 Å². The van der Waals surface area contributed by atoms with E-state index in [2.05, 4.69) is 15.6 Å². The Labute approximate surface area is 177 Å². The smallest absolute Gasteiger partial charge is 0.276 e. The van der Waals surface area contributed by atoms with Crippen molar-refractivity contribution in [3.63, 3.8) is 0 Å². The third-order valence-electron chi connectivity index (χ3n) is 5.46. The Morgan fingerprint density at radius 3 is 2.57 bits per heavy atom. The molecule has 4 rings (SSSR count). The van der Waals surface area contributed by atoms with Crippen LogP contribution in [0.5, 0.6) is 0 Å².